The van der Waals surface area contributed by atoms with Gasteiger partial charge in [-0.1, -0.05) is 29.3 Å². The van der Waals surface area contributed by atoms with E-state index in [-0.39, 0.29) is 6.54 Å². The van der Waals surface area contributed by atoms with E-state index in [9.17, 15) is 14.7 Å². The number of halogens is 2. The second kappa shape index (κ2) is 6.12. The molecular formula is C14H16Cl2N2O3. The van der Waals surface area contributed by atoms with E-state index in [0.717, 1.165) is 0 Å². The lowest BCUT2D eigenvalue weighted by atomic mass is 9.82. The van der Waals surface area contributed by atoms with Crippen LogP contribution in [-0.4, -0.2) is 35.1 Å². The van der Waals surface area contributed by atoms with E-state index in [0.29, 0.717) is 35.1 Å². The average molecular weight is 331 g/mol. The molecule has 1 aromatic carbocycles. The SMILES string of the molecule is CC1(C(=O)O)CCCN(C(=O)Nc2c(Cl)cccc2Cl)C1. The predicted molar refractivity (Wildman–Crippen MR) is 82.0 cm³/mol. The molecule has 7 heteroatoms. The number of amides is 2. The van der Waals surface area contributed by atoms with Crippen LogP contribution in [0.5, 0.6) is 0 Å². The van der Waals surface area contributed by atoms with Gasteiger partial charge in [0.1, 0.15) is 0 Å². The number of carboxylic acids is 1. The van der Waals surface area contributed by atoms with Crippen LogP contribution in [-0.2, 0) is 4.79 Å². The number of benzene rings is 1. The molecule has 0 bridgehead atoms. The highest BCUT2D eigenvalue weighted by atomic mass is 35.5. The Morgan fingerprint density at radius 3 is 2.52 bits per heavy atom. The van der Waals surface area contributed by atoms with E-state index in [2.05, 4.69) is 5.32 Å². The number of carboxylic acid groups (broad SMARTS) is 1. The fraction of sp³-hybridized carbons (Fsp3) is 0.429. The quantitative estimate of drug-likeness (QED) is 0.868. The Kier molecular flexibility index (Phi) is 4.64. The summed E-state index contributed by atoms with van der Waals surface area (Å²) in [6.07, 6.45) is 1.20. The minimum absolute atomic E-state index is 0.163. The molecule has 1 aromatic rings. The van der Waals surface area contributed by atoms with Crippen LogP contribution >= 0.6 is 23.2 Å². The van der Waals surface area contributed by atoms with Crippen LogP contribution in [0.4, 0.5) is 10.5 Å². The van der Waals surface area contributed by atoms with Gasteiger partial charge in [0.05, 0.1) is 21.1 Å². The van der Waals surface area contributed by atoms with Crippen LogP contribution in [0.25, 0.3) is 0 Å². The first-order valence-corrected chi connectivity index (χ1v) is 7.32. The summed E-state index contributed by atoms with van der Waals surface area (Å²) < 4.78 is 0. The Hall–Kier alpha value is -1.46. The third-order valence-electron chi connectivity index (χ3n) is 3.69. The first-order chi connectivity index (χ1) is 9.83. The number of anilines is 1. The molecule has 0 radical (unpaired) electrons. The van der Waals surface area contributed by atoms with Gasteiger partial charge in [-0.3, -0.25) is 4.79 Å². The minimum atomic E-state index is -0.917. The predicted octanol–water partition coefficient (Wildman–Crippen LogP) is 3.71. The molecule has 5 nitrogen and oxygen atoms in total. The molecule has 1 fully saturated rings. The number of nitrogens with zero attached hydrogens (tertiary/aromatic N) is 1. The van der Waals surface area contributed by atoms with Crippen LogP contribution in [0.3, 0.4) is 0 Å². The molecule has 2 N–H and O–H groups in total. The first-order valence-electron chi connectivity index (χ1n) is 6.57. The molecule has 1 unspecified atom stereocenters. The van der Waals surface area contributed by atoms with Crippen molar-refractivity contribution in [2.75, 3.05) is 18.4 Å². The van der Waals surface area contributed by atoms with Gasteiger partial charge in [-0.15, -0.1) is 0 Å². The number of nitrogens with one attached hydrogen (secondary N) is 1. The summed E-state index contributed by atoms with van der Waals surface area (Å²) in [5.74, 6) is -0.893. The molecule has 1 atom stereocenters. The fourth-order valence-electron chi connectivity index (χ4n) is 2.39. The van der Waals surface area contributed by atoms with E-state index in [4.69, 9.17) is 23.2 Å². The van der Waals surface area contributed by atoms with Crippen molar-refractivity contribution in [1.29, 1.82) is 0 Å². The number of rotatable bonds is 2. The highest BCUT2D eigenvalue weighted by Gasteiger charge is 2.39. The zero-order valence-corrected chi connectivity index (χ0v) is 13.0. The first kappa shape index (κ1) is 15.9. The molecule has 0 spiro atoms. The normalized spacial score (nSPS) is 22.0. The molecule has 114 valence electrons. The zero-order chi connectivity index (χ0) is 15.6. The molecule has 1 saturated heterocycles. The molecule has 0 aliphatic carbocycles. The molecule has 2 rings (SSSR count). The maximum atomic E-state index is 12.3. The zero-order valence-electron chi connectivity index (χ0n) is 11.5. The molecular weight excluding hydrogens is 315 g/mol. The molecule has 2 amide bonds. The largest absolute Gasteiger partial charge is 0.481 e. The van der Waals surface area contributed by atoms with E-state index in [1.807, 2.05) is 0 Å². The molecule has 1 aliphatic rings. The Balaban J connectivity index is 2.12. The molecule has 1 heterocycles. The van der Waals surface area contributed by atoms with Gasteiger partial charge in [0.25, 0.3) is 0 Å². The summed E-state index contributed by atoms with van der Waals surface area (Å²) in [4.78, 5) is 25.1. The molecule has 21 heavy (non-hydrogen) atoms. The van der Waals surface area contributed by atoms with Crippen molar-refractivity contribution in [3.8, 4) is 0 Å². The standard InChI is InChI=1S/C14H16Cl2N2O3/c1-14(12(19)20)6-3-7-18(8-14)13(21)17-11-9(15)4-2-5-10(11)16/h2,4-5H,3,6-8H2,1H3,(H,17,21)(H,19,20). The highest BCUT2D eigenvalue weighted by molar-refractivity contribution is 6.39. The monoisotopic (exact) mass is 330 g/mol. The van der Waals surface area contributed by atoms with Crippen LogP contribution in [0.1, 0.15) is 19.8 Å². The average Bonchev–Trinajstić information content (AvgIpc) is 2.43. The van der Waals surface area contributed by atoms with Crippen molar-refractivity contribution in [2.24, 2.45) is 5.41 Å². The Bertz CT molecular complexity index is 559. The maximum absolute atomic E-state index is 12.3. The van der Waals surface area contributed by atoms with E-state index < -0.39 is 17.4 Å². The third-order valence-corrected chi connectivity index (χ3v) is 4.32. The van der Waals surface area contributed by atoms with Crippen molar-refractivity contribution in [1.82, 2.24) is 4.90 Å². The smallest absolute Gasteiger partial charge is 0.321 e. The molecule has 1 aliphatic heterocycles. The Labute approximate surface area is 132 Å². The Morgan fingerprint density at radius 1 is 1.33 bits per heavy atom. The number of piperidine rings is 1. The van der Waals surface area contributed by atoms with Crippen LogP contribution < -0.4 is 5.32 Å². The van der Waals surface area contributed by atoms with Crippen LogP contribution in [0.2, 0.25) is 10.0 Å². The second-order valence-corrected chi connectivity index (χ2v) is 6.23. The van der Waals surface area contributed by atoms with Gasteiger partial charge in [-0.2, -0.15) is 0 Å². The van der Waals surface area contributed by atoms with Gasteiger partial charge in [-0.25, -0.2) is 4.79 Å². The van der Waals surface area contributed by atoms with Crippen molar-refractivity contribution in [3.63, 3.8) is 0 Å². The lowest BCUT2D eigenvalue weighted by Gasteiger charge is -2.37. The molecule has 0 aromatic heterocycles. The highest BCUT2D eigenvalue weighted by Crippen LogP contribution is 2.32. The summed E-state index contributed by atoms with van der Waals surface area (Å²) in [7, 11) is 0. The number of para-hydroxylation sites is 1. The number of likely N-dealkylation sites (tertiary alicyclic amines) is 1. The Morgan fingerprint density at radius 2 is 1.95 bits per heavy atom. The van der Waals surface area contributed by atoms with E-state index >= 15 is 0 Å². The number of carbonyl (C=O) groups excluding carboxylic acids is 1. The summed E-state index contributed by atoms with van der Waals surface area (Å²) in [5.41, 5.74) is -0.576. The van der Waals surface area contributed by atoms with Gasteiger partial charge in [0.2, 0.25) is 0 Å². The topological polar surface area (TPSA) is 69.6 Å². The van der Waals surface area contributed by atoms with Crippen LogP contribution in [0.15, 0.2) is 18.2 Å². The van der Waals surface area contributed by atoms with Crippen molar-refractivity contribution >= 4 is 40.9 Å². The minimum Gasteiger partial charge on any atom is -0.481 e. The summed E-state index contributed by atoms with van der Waals surface area (Å²) >= 11 is 12.0. The van der Waals surface area contributed by atoms with Gasteiger partial charge in [0.15, 0.2) is 0 Å². The summed E-state index contributed by atoms with van der Waals surface area (Å²) in [6, 6.07) is 4.54. The maximum Gasteiger partial charge on any atom is 0.321 e. The number of aliphatic carboxylic acids is 1. The second-order valence-electron chi connectivity index (χ2n) is 5.42. The van der Waals surface area contributed by atoms with E-state index in [1.165, 1.54) is 4.90 Å². The van der Waals surface area contributed by atoms with Gasteiger partial charge >= 0.3 is 12.0 Å². The van der Waals surface area contributed by atoms with Gasteiger partial charge in [0, 0.05) is 13.1 Å². The lowest BCUT2D eigenvalue weighted by molar-refractivity contribution is -0.150. The van der Waals surface area contributed by atoms with Crippen molar-refractivity contribution in [2.45, 2.75) is 19.8 Å². The lowest BCUT2D eigenvalue weighted by Crippen LogP contribution is -2.49. The van der Waals surface area contributed by atoms with Crippen molar-refractivity contribution < 1.29 is 14.7 Å². The fourth-order valence-corrected chi connectivity index (χ4v) is 2.88. The third kappa shape index (κ3) is 3.41. The summed E-state index contributed by atoms with van der Waals surface area (Å²) in [6.45, 7) is 2.32. The van der Waals surface area contributed by atoms with Gasteiger partial charge < -0.3 is 15.3 Å². The van der Waals surface area contributed by atoms with E-state index in [1.54, 1.807) is 25.1 Å². The molecule has 0 saturated carbocycles. The number of hydrogen-bond donors (Lipinski definition) is 2. The number of carbonyl (C=O) groups is 2. The summed E-state index contributed by atoms with van der Waals surface area (Å²) in [5, 5.41) is 12.6. The number of urea groups is 1. The van der Waals surface area contributed by atoms with Gasteiger partial charge in [-0.05, 0) is 31.9 Å². The number of hydrogen-bond acceptors (Lipinski definition) is 2. The van der Waals surface area contributed by atoms with Crippen LogP contribution in [0, 0.1) is 5.41 Å². The van der Waals surface area contributed by atoms with Crippen molar-refractivity contribution in [3.05, 3.63) is 28.2 Å².